The molecule has 1 aliphatic rings. The van der Waals surface area contributed by atoms with Gasteiger partial charge in [-0.1, -0.05) is 20.8 Å². The number of hydrogen-bond donors (Lipinski definition) is 1. The average Bonchev–Trinajstić information content (AvgIpc) is 2.63. The summed E-state index contributed by atoms with van der Waals surface area (Å²) < 4.78 is 0. The smallest absolute Gasteiger partial charge is 0.0131 e. The van der Waals surface area contributed by atoms with Crippen molar-refractivity contribution in [3.8, 4) is 0 Å². The molecule has 1 saturated carbocycles. The second-order valence-corrected chi connectivity index (χ2v) is 6.53. The molecule has 16 heavy (non-hydrogen) atoms. The molecule has 2 unspecified atom stereocenters. The van der Waals surface area contributed by atoms with Gasteiger partial charge in [-0.15, -0.1) is 11.3 Å². The monoisotopic (exact) mass is 237 g/mol. The highest BCUT2D eigenvalue weighted by molar-refractivity contribution is 7.10. The van der Waals surface area contributed by atoms with Gasteiger partial charge in [-0.2, -0.15) is 0 Å². The quantitative estimate of drug-likeness (QED) is 0.836. The minimum Gasteiger partial charge on any atom is -0.313 e. The molecule has 0 aromatic carbocycles. The predicted octanol–water partition coefficient (Wildman–Crippen LogP) is 3.94. The first-order valence-electron chi connectivity index (χ1n) is 6.34. The minimum atomic E-state index is 0.421. The Bertz CT molecular complexity index is 353. The molecule has 1 aromatic heterocycles. The summed E-state index contributed by atoms with van der Waals surface area (Å²) in [4.78, 5) is 1.61. The van der Waals surface area contributed by atoms with Gasteiger partial charge in [-0.05, 0) is 48.7 Å². The zero-order chi connectivity index (χ0) is 11.8. The molecule has 1 aliphatic carbocycles. The molecule has 1 nitrogen and oxygen atoms in total. The van der Waals surface area contributed by atoms with Crippen LogP contribution in [0.5, 0.6) is 0 Å². The van der Waals surface area contributed by atoms with Gasteiger partial charge >= 0.3 is 0 Å². The fourth-order valence-corrected chi connectivity index (χ4v) is 4.01. The SMILES string of the molecule is CCCNC1CC(c2sccc2C)C1(C)C. The highest BCUT2D eigenvalue weighted by Gasteiger charge is 2.49. The van der Waals surface area contributed by atoms with Crippen molar-refractivity contribution in [3.63, 3.8) is 0 Å². The molecule has 0 amide bonds. The maximum atomic E-state index is 3.68. The zero-order valence-corrected chi connectivity index (χ0v) is 11.7. The van der Waals surface area contributed by atoms with Crippen molar-refractivity contribution in [2.75, 3.05) is 6.54 Å². The van der Waals surface area contributed by atoms with Crippen molar-refractivity contribution in [2.24, 2.45) is 5.41 Å². The molecule has 1 heterocycles. The van der Waals surface area contributed by atoms with Gasteiger partial charge in [0.05, 0.1) is 0 Å². The first kappa shape index (κ1) is 12.1. The van der Waals surface area contributed by atoms with Crippen LogP contribution in [0.15, 0.2) is 11.4 Å². The molecule has 90 valence electrons. The summed E-state index contributed by atoms with van der Waals surface area (Å²) >= 11 is 1.93. The van der Waals surface area contributed by atoms with Crippen LogP contribution in [0.4, 0.5) is 0 Å². The average molecular weight is 237 g/mol. The molecule has 2 atom stereocenters. The summed E-state index contributed by atoms with van der Waals surface area (Å²) in [7, 11) is 0. The third-order valence-electron chi connectivity index (χ3n) is 4.13. The topological polar surface area (TPSA) is 12.0 Å². The van der Waals surface area contributed by atoms with Gasteiger partial charge < -0.3 is 5.32 Å². The number of rotatable bonds is 4. The Labute approximate surface area is 103 Å². The van der Waals surface area contributed by atoms with E-state index >= 15 is 0 Å². The van der Waals surface area contributed by atoms with Crippen molar-refractivity contribution in [1.82, 2.24) is 5.32 Å². The van der Waals surface area contributed by atoms with E-state index in [-0.39, 0.29) is 0 Å². The lowest BCUT2D eigenvalue weighted by Crippen LogP contribution is -2.55. The number of thiophene rings is 1. The highest BCUT2D eigenvalue weighted by Crippen LogP contribution is 2.54. The second kappa shape index (κ2) is 4.50. The molecular formula is C14H23NS. The predicted molar refractivity (Wildman–Crippen MR) is 72.3 cm³/mol. The van der Waals surface area contributed by atoms with Crippen molar-refractivity contribution in [3.05, 3.63) is 21.9 Å². The van der Waals surface area contributed by atoms with Gasteiger partial charge in [0.15, 0.2) is 0 Å². The van der Waals surface area contributed by atoms with Gasteiger partial charge in [0.1, 0.15) is 0 Å². The van der Waals surface area contributed by atoms with Gasteiger partial charge in [-0.3, -0.25) is 0 Å². The van der Waals surface area contributed by atoms with Crippen LogP contribution in [0, 0.1) is 12.3 Å². The fourth-order valence-electron chi connectivity index (χ4n) is 2.78. The van der Waals surface area contributed by atoms with Crippen molar-refractivity contribution in [1.29, 1.82) is 0 Å². The summed E-state index contributed by atoms with van der Waals surface area (Å²) in [5, 5.41) is 5.90. The molecule has 0 saturated heterocycles. The molecule has 2 heteroatoms. The van der Waals surface area contributed by atoms with Crippen LogP contribution in [0.2, 0.25) is 0 Å². The Morgan fingerprint density at radius 1 is 1.50 bits per heavy atom. The van der Waals surface area contributed by atoms with Crippen molar-refractivity contribution >= 4 is 11.3 Å². The molecule has 0 radical (unpaired) electrons. The highest BCUT2D eigenvalue weighted by atomic mass is 32.1. The van der Waals surface area contributed by atoms with E-state index in [4.69, 9.17) is 0 Å². The maximum absolute atomic E-state index is 3.68. The lowest BCUT2D eigenvalue weighted by molar-refractivity contribution is 0.0713. The summed E-state index contributed by atoms with van der Waals surface area (Å²) in [6.07, 6.45) is 2.55. The first-order chi connectivity index (χ1) is 7.57. The summed E-state index contributed by atoms with van der Waals surface area (Å²) in [6.45, 7) is 10.5. The summed E-state index contributed by atoms with van der Waals surface area (Å²) in [5.74, 6) is 0.766. The van der Waals surface area contributed by atoms with E-state index in [1.807, 2.05) is 11.3 Å². The lowest BCUT2D eigenvalue weighted by Gasteiger charge is -2.52. The molecule has 1 fully saturated rings. The van der Waals surface area contributed by atoms with E-state index in [0.29, 0.717) is 11.5 Å². The van der Waals surface area contributed by atoms with Crippen LogP contribution in [0.1, 0.15) is 50.0 Å². The number of nitrogens with one attached hydrogen (secondary N) is 1. The Hall–Kier alpha value is -0.340. The fraction of sp³-hybridized carbons (Fsp3) is 0.714. The van der Waals surface area contributed by atoms with Gasteiger partial charge in [-0.25, -0.2) is 0 Å². The van der Waals surface area contributed by atoms with E-state index in [9.17, 15) is 0 Å². The summed E-state index contributed by atoms with van der Waals surface area (Å²) in [5.41, 5.74) is 1.90. The van der Waals surface area contributed by atoms with E-state index < -0.39 is 0 Å². The minimum absolute atomic E-state index is 0.421. The molecule has 0 bridgehead atoms. The molecule has 1 aromatic rings. The van der Waals surface area contributed by atoms with Crippen LogP contribution in [0.25, 0.3) is 0 Å². The van der Waals surface area contributed by atoms with Crippen LogP contribution >= 0.6 is 11.3 Å². The number of hydrogen-bond acceptors (Lipinski definition) is 2. The lowest BCUT2D eigenvalue weighted by atomic mass is 9.57. The van der Waals surface area contributed by atoms with E-state index in [2.05, 4.69) is 44.5 Å². The standard InChI is InChI=1S/C14H23NS/c1-5-7-15-12-9-11(14(12,3)4)13-10(2)6-8-16-13/h6,8,11-12,15H,5,7,9H2,1-4H3. The molecule has 0 aliphatic heterocycles. The Morgan fingerprint density at radius 3 is 2.75 bits per heavy atom. The largest absolute Gasteiger partial charge is 0.313 e. The normalized spacial score (nSPS) is 27.8. The first-order valence-corrected chi connectivity index (χ1v) is 7.22. The molecular weight excluding hydrogens is 214 g/mol. The molecule has 2 rings (SSSR count). The Balaban J connectivity index is 2.04. The number of aryl methyl sites for hydroxylation is 1. The van der Waals surface area contributed by atoms with Crippen LogP contribution in [-0.2, 0) is 0 Å². The molecule has 1 N–H and O–H groups in total. The van der Waals surface area contributed by atoms with Gasteiger partial charge in [0.2, 0.25) is 0 Å². The van der Waals surface area contributed by atoms with E-state index in [1.165, 1.54) is 18.4 Å². The van der Waals surface area contributed by atoms with E-state index in [0.717, 1.165) is 12.5 Å². The van der Waals surface area contributed by atoms with Crippen molar-refractivity contribution in [2.45, 2.75) is 52.5 Å². The van der Waals surface area contributed by atoms with Crippen LogP contribution in [-0.4, -0.2) is 12.6 Å². The van der Waals surface area contributed by atoms with Gasteiger partial charge in [0.25, 0.3) is 0 Å². The Kier molecular flexibility index (Phi) is 3.41. The third-order valence-corrected chi connectivity index (χ3v) is 5.26. The third kappa shape index (κ3) is 1.93. The molecule has 0 spiro atoms. The second-order valence-electron chi connectivity index (χ2n) is 5.58. The zero-order valence-electron chi connectivity index (χ0n) is 10.8. The Morgan fingerprint density at radius 2 is 2.25 bits per heavy atom. The van der Waals surface area contributed by atoms with Crippen LogP contribution in [0.3, 0.4) is 0 Å². The van der Waals surface area contributed by atoms with Crippen molar-refractivity contribution < 1.29 is 0 Å². The van der Waals surface area contributed by atoms with E-state index in [1.54, 1.807) is 4.88 Å². The van der Waals surface area contributed by atoms with Gasteiger partial charge in [0, 0.05) is 16.8 Å². The summed E-state index contributed by atoms with van der Waals surface area (Å²) in [6, 6.07) is 2.96. The van der Waals surface area contributed by atoms with Crippen LogP contribution < -0.4 is 5.32 Å². The maximum Gasteiger partial charge on any atom is 0.0131 e.